The summed E-state index contributed by atoms with van der Waals surface area (Å²) in [4.78, 5) is 15.0. The molecule has 0 heterocycles. The first kappa shape index (κ1) is 30.1. The smallest absolute Gasteiger partial charge is 0.497 e. The normalized spacial score (nSPS) is 11.1. The largest absolute Gasteiger partial charge is 1.00 e. The molecule has 188 valence electrons. The van der Waals surface area contributed by atoms with Crippen LogP contribution in [-0.4, -0.2) is 31.1 Å². The standard InChI is InChI=1S/C32H35N2O2.Li/c1-5-6-10-23-34(32(35)33-30-19-21-31(36-4)22-20-30)24-25(2)26(3)29-17-15-28(16-18-29)14-13-27-11-8-7-9-12-27;/h7-9,11-12,15-22,26H,1,3,5-6,10,23-24H2,2,4H3,(H,33,35);/q-3;+1/t26-;/m0./s1. The Hall–Kier alpha value is -3.11. The second-order valence-electron chi connectivity index (χ2n) is 8.78. The van der Waals surface area contributed by atoms with Crippen molar-refractivity contribution in [2.45, 2.75) is 32.1 Å². The van der Waals surface area contributed by atoms with Gasteiger partial charge < -0.3 is 34.7 Å². The van der Waals surface area contributed by atoms with Gasteiger partial charge >= 0.3 is 24.9 Å². The van der Waals surface area contributed by atoms with Crippen LogP contribution in [0.4, 0.5) is 10.5 Å². The quantitative estimate of drug-likeness (QED) is 0.203. The number of nitrogens with zero attached hydrogens (tertiary/aromatic N) is 1. The van der Waals surface area contributed by atoms with Gasteiger partial charge in [-0.25, -0.2) is 4.79 Å². The minimum absolute atomic E-state index is 0. The number of anilines is 1. The molecule has 5 heteroatoms. The molecular weight excluding hydrogens is 451 g/mol. The van der Waals surface area contributed by atoms with Gasteiger partial charge in [-0.15, -0.1) is 12.1 Å². The Morgan fingerprint density at radius 3 is 2.19 bits per heavy atom. The van der Waals surface area contributed by atoms with Crippen molar-refractivity contribution in [2.75, 3.05) is 25.5 Å². The molecule has 0 aliphatic carbocycles. The number of unbranched alkanes of at least 4 members (excludes halogenated alkanes) is 2. The van der Waals surface area contributed by atoms with E-state index in [0.717, 1.165) is 53.3 Å². The molecule has 0 aliphatic heterocycles. The van der Waals surface area contributed by atoms with Crippen LogP contribution >= 0.6 is 0 Å². The van der Waals surface area contributed by atoms with E-state index in [1.807, 2.05) is 71.6 Å². The Kier molecular flexibility index (Phi) is 12.9. The maximum absolute atomic E-state index is 13.1. The Morgan fingerprint density at radius 1 is 0.973 bits per heavy atom. The van der Waals surface area contributed by atoms with Crippen molar-refractivity contribution in [3.63, 3.8) is 0 Å². The van der Waals surface area contributed by atoms with Crippen molar-refractivity contribution in [3.8, 4) is 17.6 Å². The summed E-state index contributed by atoms with van der Waals surface area (Å²) in [6.07, 6.45) is 2.74. The molecule has 3 rings (SSSR count). The molecule has 0 fully saturated rings. The number of amides is 2. The van der Waals surface area contributed by atoms with Crippen molar-refractivity contribution in [1.29, 1.82) is 0 Å². The van der Waals surface area contributed by atoms with E-state index in [1.54, 1.807) is 7.11 Å². The maximum atomic E-state index is 13.1. The van der Waals surface area contributed by atoms with Crippen molar-refractivity contribution >= 4 is 11.7 Å². The number of ether oxygens (including phenoxy) is 1. The van der Waals surface area contributed by atoms with Crippen molar-refractivity contribution < 1.29 is 28.4 Å². The van der Waals surface area contributed by atoms with E-state index in [4.69, 9.17) is 4.74 Å². The average Bonchev–Trinajstić information content (AvgIpc) is 2.92. The van der Waals surface area contributed by atoms with Crippen LogP contribution in [0.25, 0.3) is 0 Å². The first-order chi connectivity index (χ1) is 17.5. The zero-order valence-corrected chi connectivity index (χ0v) is 22.3. The number of nitrogens with one attached hydrogen (secondary N) is 1. The molecule has 0 bridgehead atoms. The number of hydrogen-bond donors (Lipinski definition) is 1. The van der Waals surface area contributed by atoms with E-state index < -0.39 is 0 Å². The van der Waals surface area contributed by atoms with Gasteiger partial charge in [0.15, 0.2) is 0 Å². The molecule has 0 spiro atoms. The Labute approximate surface area is 235 Å². The van der Waals surface area contributed by atoms with Crippen molar-refractivity contribution in [2.24, 2.45) is 0 Å². The van der Waals surface area contributed by atoms with E-state index in [1.165, 1.54) is 0 Å². The Bertz CT molecular complexity index is 1140. The van der Waals surface area contributed by atoms with Gasteiger partial charge in [0.1, 0.15) is 5.75 Å². The van der Waals surface area contributed by atoms with Crippen LogP contribution in [0.3, 0.4) is 0 Å². The van der Waals surface area contributed by atoms with Gasteiger partial charge in [-0.05, 0) is 55.0 Å². The van der Waals surface area contributed by atoms with Gasteiger partial charge in [0.25, 0.3) is 0 Å². The summed E-state index contributed by atoms with van der Waals surface area (Å²) >= 11 is 0. The second-order valence-corrected chi connectivity index (χ2v) is 8.78. The van der Waals surface area contributed by atoms with Gasteiger partial charge in [0, 0.05) is 23.4 Å². The van der Waals surface area contributed by atoms with Gasteiger partial charge in [0.2, 0.25) is 0 Å². The summed E-state index contributed by atoms with van der Waals surface area (Å²) in [6, 6.07) is 25.4. The fraction of sp³-hybridized carbons (Fsp3) is 0.250. The van der Waals surface area contributed by atoms with Gasteiger partial charge in [-0.2, -0.15) is 13.3 Å². The number of rotatable bonds is 10. The summed E-state index contributed by atoms with van der Waals surface area (Å²) in [5, 5.41) is 3.01. The third-order valence-electron chi connectivity index (χ3n) is 6.03. The molecule has 1 N–H and O–H groups in total. The molecule has 0 radical (unpaired) electrons. The first-order valence-corrected chi connectivity index (χ1v) is 12.3. The Morgan fingerprint density at radius 2 is 1.59 bits per heavy atom. The minimum atomic E-state index is -0.123. The van der Waals surface area contributed by atoms with E-state index in [2.05, 4.69) is 50.1 Å². The molecule has 0 saturated heterocycles. The summed E-state index contributed by atoms with van der Waals surface area (Å²) in [6.45, 7) is 11.6. The number of hydrogen-bond acceptors (Lipinski definition) is 2. The van der Waals surface area contributed by atoms with Crippen molar-refractivity contribution in [1.82, 2.24) is 4.90 Å². The maximum Gasteiger partial charge on any atom is 1.00 e. The molecule has 0 aliphatic rings. The zero-order valence-electron chi connectivity index (χ0n) is 22.3. The van der Waals surface area contributed by atoms with Crippen LogP contribution in [0.5, 0.6) is 5.75 Å². The number of methoxy groups -OCH3 is 1. The number of carbonyl (C=O) groups excluding carboxylic acids is 1. The van der Waals surface area contributed by atoms with Crippen LogP contribution in [0.2, 0.25) is 0 Å². The number of carbonyl (C=O) groups is 1. The third-order valence-corrected chi connectivity index (χ3v) is 6.03. The van der Waals surface area contributed by atoms with Gasteiger partial charge in [-0.3, -0.25) is 5.92 Å². The predicted molar refractivity (Wildman–Crippen MR) is 149 cm³/mol. The molecule has 1 atom stereocenters. The van der Waals surface area contributed by atoms with Crippen LogP contribution in [0, 0.1) is 31.6 Å². The molecule has 0 saturated carbocycles. The predicted octanol–water partition coefficient (Wildman–Crippen LogP) is 4.15. The SMILES string of the molecule is [CH2-]CCCCN(C[C-](C)[C@H]([CH2-])c1ccc(C#Cc2ccccc2)cc1)C(=O)Nc1ccc(OC)cc1.[Li+]. The minimum Gasteiger partial charge on any atom is -0.497 e. The molecule has 2 amide bonds. The fourth-order valence-corrected chi connectivity index (χ4v) is 3.77. The summed E-state index contributed by atoms with van der Waals surface area (Å²) in [5.74, 6) is 8.24. The molecule has 0 unspecified atom stereocenters. The topological polar surface area (TPSA) is 41.6 Å². The monoisotopic (exact) mass is 486 g/mol. The fourth-order valence-electron chi connectivity index (χ4n) is 3.77. The number of urea groups is 1. The second kappa shape index (κ2) is 15.9. The average molecular weight is 487 g/mol. The molecule has 3 aromatic rings. The number of benzene rings is 3. The van der Waals surface area contributed by atoms with Crippen LogP contribution < -0.4 is 28.9 Å². The summed E-state index contributed by atoms with van der Waals surface area (Å²) in [7, 11) is 1.62. The summed E-state index contributed by atoms with van der Waals surface area (Å²) in [5.41, 5.74) is 3.79. The van der Waals surface area contributed by atoms with E-state index >= 15 is 0 Å². The van der Waals surface area contributed by atoms with Gasteiger partial charge in [0.05, 0.1) is 7.11 Å². The molecule has 4 nitrogen and oxygen atoms in total. The van der Waals surface area contributed by atoms with Crippen LogP contribution in [0.1, 0.15) is 48.8 Å². The summed E-state index contributed by atoms with van der Waals surface area (Å²) < 4.78 is 5.20. The van der Waals surface area contributed by atoms with Gasteiger partial charge in [-0.1, -0.05) is 48.6 Å². The van der Waals surface area contributed by atoms with E-state index in [-0.39, 0.29) is 30.8 Å². The first-order valence-electron chi connectivity index (χ1n) is 12.3. The molecule has 37 heavy (non-hydrogen) atoms. The van der Waals surface area contributed by atoms with Crippen molar-refractivity contribution in [3.05, 3.63) is 115 Å². The van der Waals surface area contributed by atoms with E-state index in [0.29, 0.717) is 13.1 Å². The Balaban J connectivity index is 0.00000481. The van der Waals surface area contributed by atoms with Crippen LogP contribution in [-0.2, 0) is 0 Å². The molecular formula is C32H35LiN2O2-2. The zero-order chi connectivity index (χ0) is 25.8. The van der Waals surface area contributed by atoms with Crippen LogP contribution in [0.15, 0.2) is 78.9 Å². The molecule has 3 aromatic carbocycles. The third kappa shape index (κ3) is 9.70. The van der Waals surface area contributed by atoms with E-state index in [9.17, 15) is 4.79 Å². The molecule has 0 aromatic heterocycles.